The summed E-state index contributed by atoms with van der Waals surface area (Å²) in [5.41, 5.74) is 0. The summed E-state index contributed by atoms with van der Waals surface area (Å²) in [6.45, 7) is 7.20. The molecule has 4 heteroatoms. The van der Waals surface area contributed by atoms with E-state index in [0.717, 1.165) is 32.7 Å². The van der Waals surface area contributed by atoms with Crippen molar-refractivity contribution in [3.63, 3.8) is 0 Å². The monoisotopic (exact) mass is 183 g/mol. The molecule has 0 radical (unpaired) electrons. The summed E-state index contributed by atoms with van der Waals surface area (Å²) < 4.78 is 0. The Morgan fingerprint density at radius 1 is 1.38 bits per heavy atom. The number of likely N-dealkylation sites (N-methyl/N-ethyl adjacent to an activating group) is 1. The molecule has 1 fully saturated rings. The topological polar surface area (TPSA) is 35.9 Å². The van der Waals surface area contributed by atoms with Gasteiger partial charge in [0.15, 0.2) is 0 Å². The highest BCUT2D eigenvalue weighted by Gasteiger charge is 2.15. The van der Waals surface area contributed by atoms with Crippen molar-refractivity contribution < 1.29 is 4.79 Å². The van der Waals surface area contributed by atoms with E-state index in [4.69, 9.17) is 0 Å². The number of rotatable bonds is 3. The average Bonchev–Trinajstić information content (AvgIpc) is 2.09. The van der Waals surface area contributed by atoms with E-state index in [1.54, 1.807) is 6.08 Å². The standard InChI is InChI=1S/C9H17N3O/c1-9(10-8-13)7-12-5-3-11(2)4-6-12/h9H,3-7H2,1-2H3. The molecule has 13 heavy (non-hydrogen) atoms. The van der Waals surface area contributed by atoms with Crippen LogP contribution < -0.4 is 0 Å². The van der Waals surface area contributed by atoms with Crippen LogP contribution in [0.15, 0.2) is 4.99 Å². The maximum Gasteiger partial charge on any atom is 0.235 e. The second-order valence-electron chi connectivity index (χ2n) is 3.67. The Kier molecular flexibility index (Phi) is 4.09. The molecule has 74 valence electrons. The number of carbonyl (C=O) groups excluding carboxylic acids is 1. The fraction of sp³-hybridized carbons (Fsp3) is 0.889. The predicted octanol–water partition coefficient (Wildman–Crippen LogP) is -0.0419. The minimum atomic E-state index is 0.0842. The highest BCUT2D eigenvalue weighted by atomic mass is 16.1. The van der Waals surface area contributed by atoms with Crippen molar-refractivity contribution >= 4 is 6.08 Å². The molecule has 1 saturated heterocycles. The number of hydrogen-bond donors (Lipinski definition) is 0. The van der Waals surface area contributed by atoms with Crippen LogP contribution in [-0.2, 0) is 4.79 Å². The van der Waals surface area contributed by atoms with Crippen LogP contribution in [0.5, 0.6) is 0 Å². The highest BCUT2D eigenvalue weighted by molar-refractivity contribution is 5.33. The van der Waals surface area contributed by atoms with Gasteiger partial charge >= 0.3 is 0 Å². The second-order valence-corrected chi connectivity index (χ2v) is 3.67. The summed E-state index contributed by atoms with van der Waals surface area (Å²) in [5.74, 6) is 0. The van der Waals surface area contributed by atoms with Gasteiger partial charge in [0.1, 0.15) is 0 Å². The Balaban J connectivity index is 2.25. The Labute approximate surface area is 79.2 Å². The fourth-order valence-corrected chi connectivity index (χ4v) is 1.53. The molecule has 1 rings (SSSR count). The maximum absolute atomic E-state index is 9.99. The van der Waals surface area contributed by atoms with Crippen LogP contribution in [0.25, 0.3) is 0 Å². The second kappa shape index (κ2) is 5.12. The van der Waals surface area contributed by atoms with Crippen LogP contribution in [0.4, 0.5) is 0 Å². The first kappa shape index (κ1) is 10.4. The number of hydrogen-bond acceptors (Lipinski definition) is 4. The lowest BCUT2D eigenvalue weighted by molar-refractivity contribution is 0.149. The van der Waals surface area contributed by atoms with E-state index >= 15 is 0 Å². The summed E-state index contributed by atoms with van der Waals surface area (Å²) >= 11 is 0. The first-order chi connectivity index (χ1) is 6.22. The average molecular weight is 183 g/mol. The van der Waals surface area contributed by atoms with Crippen molar-refractivity contribution in [2.24, 2.45) is 4.99 Å². The SMILES string of the molecule is CC(CN1CCN(C)CC1)N=C=O. The molecule has 0 aliphatic carbocycles. The molecule has 4 nitrogen and oxygen atoms in total. The van der Waals surface area contributed by atoms with Crippen molar-refractivity contribution in [2.45, 2.75) is 13.0 Å². The third-order valence-corrected chi connectivity index (χ3v) is 2.39. The molecule has 1 unspecified atom stereocenters. The zero-order valence-electron chi connectivity index (χ0n) is 8.36. The first-order valence-corrected chi connectivity index (χ1v) is 4.70. The van der Waals surface area contributed by atoms with Crippen molar-refractivity contribution in [1.82, 2.24) is 9.80 Å². The molecule has 0 N–H and O–H groups in total. The number of piperazine rings is 1. The van der Waals surface area contributed by atoms with Crippen molar-refractivity contribution in [1.29, 1.82) is 0 Å². The lowest BCUT2D eigenvalue weighted by atomic mass is 10.2. The van der Waals surface area contributed by atoms with Crippen LogP contribution in [0.3, 0.4) is 0 Å². The lowest BCUT2D eigenvalue weighted by Gasteiger charge is -2.32. The van der Waals surface area contributed by atoms with Gasteiger partial charge in [0, 0.05) is 32.7 Å². The van der Waals surface area contributed by atoms with E-state index < -0.39 is 0 Å². The fourth-order valence-electron chi connectivity index (χ4n) is 1.53. The molecular formula is C9H17N3O. The van der Waals surface area contributed by atoms with Gasteiger partial charge in [-0.3, -0.25) is 4.90 Å². The van der Waals surface area contributed by atoms with Crippen LogP contribution in [-0.4, -0.2) is 61.7 Å². The van der Waals surface area contributed by atoms with Crippen LogP contribution in [0.1, 0.15) is 6.92 Å². The van der Waals surface area contributed by atoms with E-state index in [9.17, 15) is 4.79 Å². The zero-order valence-corrected chi connectivity index (χ0v) is 8.36. The molecule has 0 spiro atoms. The first-order valence-electron chi connectivity index (χ1n) is 4.70. The van der Waals surface area contributed by atoms with Gasteiger partial charge in [-0.2, -0.15) is 0 Å². The van der Waals surface area contributed by atoms with E-state index in [1.807, 2.05) is 6.92 Å². The number of nitrogens with zero attached hydrogens (tertiary/aromatic N) is 3. The Hall–Kier alpha value is -0.700. The van der Waals surface area contributed by atoms with Crippen LogP contribution in [0, 0.1) is 0 Å². The summed E-state index contributed by atoms with van der Waals surface area (Å²) in [6.07, 6.45) is 1.60. The van der Waals surface area contributed by atoms with Crippen molar-refractivity contribution in [3.8, 4) is 0 Å². The summed E-state index contributed by atoms with van der Waals surface area (Å²) in [6, 6.07) is 0.0842. The van der Waals surface area contributed by atoms with E-state index in [-0.39, 0.29) is 6.04 Å². The molecule has 0 amide bonds. The summed E-state index contributed by atoms with van der Waals surface area (Å²) in [4.78, 5) is 18.3. The number of isocyanates is 1. The summed E-state index contributed by atoms with van der Waals surface area (Å²) in [5, 5.41) is 0. The van der Waals surface area contributed by atoms with Gasteiger partial charge in [-0.25, -0.2) is 9.79 Å². The van der Waals surface area contributed by atoms with E-state index in [2.05, 4.69) is 21.8 Å². The van der Waals surface area contributed by atoms with Gasteiger partial charge in [-0.15, -0.1) is 0 Å². The molecule has 0 bridgehead atoms. The molecule has 1 aliphatic heterocycles. The Morgan fingerprint density at radius 2 is 2.00 bits per heavy atom. The third-order valence-electron chi connectivity index (χ3n) is 2.39. The molecule has 1 heterocycles. The highest BCUT2D eigenvalue weighted by Crippen LogP contribution is 2.01. The minimum absolute atomic E-state index is 0.0842. The van der Waals surface area contributed by atoms with Gasteiger partial charge in [-0.05, 0) is 14.0 Å². The molecule has 0 aromatic carbocycles. The molecule has 0 saturated carbocycles. The van der Waals surface area contributed by atoms with Gasteiger partial charge in [0.25, 0.3) is 0 Å². The van der Waals surface area contributed by atoms with Gasteiger partial charge in [-0.1, -0.05) is 0 Å². The smallest absolute Gasteiger partial charge is 0.235 e. The van der Waals surface area contributed by atoms with Gasteiger partial charge < -0.3 is 4.90 Å². The zero-order chi connectivity index (χ0) is 9.68. The quantitative estimate of drug-likeness (QED) is 0.455. The van der Waals surface area contributed by atoms with Crippen molar-refractivity contribution in [2.75, 3.05) is 39.8 Å². The van der Waals surface area contributed by atoms with E-state index in [0.29, 0.717) is 0 Å². The Morgan fingerprint density at radius 3 is 2.54 bits per heavy atom. The van der Waals surface area contributed by atoms with Crippen molar-refractivity contribution in [3.05, 3.63) is 0 Å². The largest absolute Gasteiger partial charge is 0.304 e. The Bertz CT molecular complexity index is 193. The molecular weight excluding hydrogens is 166 g/mol. The summed E-state index contributed by atoms with van der Waals surface area (Å²) in [7, 11) is 2.13. The predicted molar refractivity (Wildman–Crippen MR) is 51.5 cm³/mol. The minimum Gasteiger partial charge on any atom is -0.304 e. The molecule has 1 atom stereocenters. The van der Waals surface area contributed by atoms with Gasteiger partial charge in [0.2, 0.25) is 6.08 Å². The third kappa shape index (κ3) is 3.68. The van der Waals surface area contributed by atoms with Crippen LogP contribution in [0.2, 0.25) is 0 Å². The molecule has 0 aromatic rings. The van der Waals surface area contributed by atoms with Crippen LogP contribution >= 0.6 is 0 Å². The lowest BCUT2D eigenvalue weighted by Crippen LogP contribution is -2.46. The molecule has 0 aromatic heterocycles. The molecule has 1 aliphatic rings. The van der Waals surface area contributed by atoms with Gasteiger partial charge in [0.05, 0.1) is 6.04 Å². The maximum atomic E-state index is 9.99. The number of aliphatic imine (C=N–C) groups is 1. The normalized spacial score (nSPS) is 22.3. The van der Waals surface area contributed by atoms with E-state index in [1.165, 1.54) is 0 Å².